The summed E-state index contributed by atoms with van der Waals surface area (Å²) in [4.78, 5) is 66.5. The highest BCUT2D eigenvalue weighted by atomic mass is 16.6. The van der Waals surface area contributed by atoms with Crippen molar-refractivity contribution in [3.63, 3.8) is 0 Å². The van der Waals surface area contributed by atoms with Crippen LogP contribution in [0.15, 0.2) is 48.8 Å². The number of aromatic nitrogens is 4. The first kappa shape index (κ1) is 54.1. The fourth-order valence-electron chi connectivity index (χ4n) is 6.84. The molecule has 1 aliphatic rings. The number of ether oxygens (including phenoxy) is 8. The van der Waals surface area contributed by atoms with Gasteiger partial charge in [0.1, 0.15) is 30.9 Å². The lowest BCUT2D eigenvalue weighted by Gasteiger charge is -2.27. The highest BCUT2D eigenvalue weighted by Crippen LogP contribution is 2.45. The molecular formula is C46H68N8O12. The number of nitrogens with one attached hydrogen (secondary N) is 5. The summed E-state index contributed by atoms with van der Waals surface area (Å²) >= 11 is 0. The molecule has 5 rings (SSSR count). The van der Waals surface area contributed by atoms with E-state index in [1.54, 1.807) is 45.7 Å². The average Bonchev–Trinajstić information content (AvgIpc) is 4.14. The van der Waals surface area contributed by atoms with E-state index in [0.717, 1.165) is 47.5 Å². The van der Waals surface area contributed by atoms with E-state index in [9.17, 15) is 19.2 Å². The zero-order valence-corrected chi connectivity index (χ0v) is 39.7. The number of imidazole rings is 2. The monoisotopic (exact) mass is 924 g/mol. The fourth-order valence-corrected chi connectivity index (χ4v) is 6.84. The molecule has 0 saturated carbocycles. The van der Waals surface area contributed by atoms with Gasteiger partial charge in [-0.3, -0.25) is 9.59 Å². The number of hydrogen-bond acceptors (Lipinski definition) is 14. The first-order chi connectivity index (χ1) is 32.1. The van der Waals surface area contributed by atoms with Crippen LogP contribution in [0.5, 0.6) is 11.5 Å². The van der Waals surface area contributed by atoms with Crippen LogP contribution in [0.25, 0.3) is 33.6 Å². The maximum absolute atomic E-state index is 13.7. The van der Waals surface area contributed by atoms with Gasteiger partial charge in [0.25, 0.3) is 0 Å². The fraction of sp³-hybridized carbons (Fsp3) is 0.522. The van der Waals surface area contributed by atoms with Crippen LogP contribution < -0.4 is 25.4 Å². The van der Waals surface area contributed by atoms with E-state index >= 15 is 0 Å². The highest BCUT2D eigenvalue weighted by molar-refractivity contribution is 5.87. The highest BCUT2D eigenvalue weighted by Gasteiger charge is 2.36. The number of unbranched alkanes of at least 4 members (excludes halogenated alkanes) is 1. The van der Waals surface area contributed by atoms with Crippen LogP contribution in [-0.4, -0.2) is 157 Å². The molecule has 4 aromatic rings. The Balaban J connectivity index is 0.00000222. The minimum atomic E-state index is -0.923. The van der Waals surface area contributed by atoms with Crippen LogP contribution >= 0.6 is 0 Å². The Labute approximate surface area is 387 Å². The summed E-state index contributed by atoms with van der Waals surface area (Å²) in [6.07, 6.45) is 5.82. The zero-order chi connectivity index (χ0) is 48.3. The van der Waals surface area contributed by atoms with E-state index in [-0.39, 0.29) is 44.2 Å². The van der Waals surface area contributed by atoms with Crippen molar-refractivity contribution in [1.82, 2.24) is 40.8 Å². The molecule has 2 aromatic heterocycles. The number of methoxy groups -OCH3 is 6. The maximum atomic E-state index is 13.7. The number of rotatable bonds is 23. The molecule has 20 nitrogen and oxygen atoms in total. The van der Waals surface area contributed by atoms with Gasteiger partial charge in [0.2, 0.25) is 11.8 Å². The summed E-state index contributed by atoms with van der Waals surface area (Å²) in [5.41, 5.74) is 4.86. The smallest absolute Gasteiger partial charge is 0.407 e. The van der Waals surface area contributed by atoms with Crippen LogP contribution in [0.4, 0.5) is 9.59 Å². The third-order valence-corrected chi connectivity index (χ3v) is 9.90. The first-order valence-electron chi connectivity index (χ1n) is 21.9. The minimum absolute atomic E-state index is 0.0135. The Morgan fingerprint density at radius 2 is 1.35 bits per heavy atom. The van der Waals surface area contributed by atoms with Gasteiger partial charge in [0.15, 0.2) is 11.5 Å². The van der Waals surface area contributed by atoms with E-state index in [2.05, 4.69) is 40.4 Å². The lowest BCUT2D eigenvalue weighted by Crippen LogP contribution is -2.50. The Morgan fingerprint density at radius 3 is 1.98 bits per heavy atom. The van der Waals surface area contributed by atoms with Crippen LogP contribution in [0.3, 0.4) is 0 Å². The molecule has 0 radical (unpaired) electrons. The molecule has 2 atom stereocenters. The van der Waals surface area contributed by atoms with Crippen molar-refractivity contribution in [1.29, 1.82) is 0 Å². The van der Waals surface area contributed by atoms with Crippen molar-refractivity contribution < 1.29 is 57.1 Å². The summed E-state index contributed by atoms with van der Waals surface area (Å²) < 4.78 is 42.2. The van der Waals surface area contributed by atoms with Crippen molar-refractivity contribution >= 4 is 24.0 Å². The number of amides is 4. The van der Waals surface area contributed by atoms with E-state index < -0.39 is 18.2 Å². The van der Waals surface area contributed by atoms with E-state index in [1.165, 1.54) is 21.3 Å². The van der Waals surface area contributed by atoms with Gasteiger partial charge in [0.05, 0.1) is 70.4 Å². The van der Waals surface area contributed by atoms with Crippen molar-refractivity contribution in [2.75, 3.05) is 102 Å². The third-order valence-electron chi connectivity index (χ3n) is 9.90. The van der Waals surface area contributed by atoms with Gasteiger partial charge in [-0.05, 0) is 48.9 Å². The lowest BCUT2D eigenvalue weighted by atomic mass is 9.98. The Morgan fingerprint density at radius 1 is 0.727 bits per heavy atom. The molecule has 0 aliphatic carbocycles. The van der Waals surface area contributed by atoms with Gasteiger partial charge < -0.3 is 68.7 Å². The van der Waals surface area contributed by atoms with Crippen LogP contribution in [0, 0.1) is 0 Å². The summed E-state index contributed by atoms with van der Waals surface area (Å²) in [7, 11) is 10.4. The molecule has 0 bridgehead atoms. The molecule has 20 heteroatoms. The van der Waals surface area contributed by atoms with Gasteiger partial charge in [-0.2, -0.15) is 0 Å². The SMILES string of the molecule is CC.COC.COCCOc1c(-c2ccc(-c3cnc(CCCCNC(=O)CNC(=O)OC)[nH]3)cc2)ccc(-c2cnc(C3CCCN3C(=O)C(COC)NC(=O)OC)[nH]2)c1OCCOC. The normalized spacial score (nSPS) is 13.3. The second kappa shape index (κ2) is 30.1. The number of benzene rings is 2. The number of hydrogen-bond donors (Lipinski definition) is 5. The third kappa shape index (κ3) is 16.3. The average molecular weight is 925 g/mol. The number of alkyl carbamates (subject to hydrolysis) is 2. The number of nitrogens with zero attached hydrogens (tertiary/aromatic N) is 3. The van der Waals surface area contributed by atoms with Crippen LogP contribution in [0.1, 0.15) is 57.2 Å². The van der Waals surface area contributed by atoms with Crippen molar-refractivity contribution in [3.8, 4) is 45.1 Å². The number of carbonyl (C=O) groups excluding carboxylic acids is 4. The quantitative estimate of drug-likeness (QED) is 0.0594. The lowest BCUT2D eigenvalue weighted by molar-refractivity contribution is -0.135. The Hall–Kier alpha value is -6.22. The minimum Gasteiger partial charge on any atom is -0.487 e. The molecule has 2 unspecified atom stereocenters. The molecule has 66 heavy (non-hydrogen) atoms. The summed E-state index contributed by atoms with van der Waals surface area (Å²) in [6.45, 7) is 6.01. The maximum Gasteiger partial charge on any atom is 0.407 e. The molecule has 3 heterocycles. The summed E-state index contributed by atoms with van der Waals surface area (Å²) in [5.74, 6) is 1.85. The molecule has 4 amide bonds. The Bertz CT molecular complexity index is 2060. The molecule has 1 fully saturated rings. The Kier molecular flexibility index (Phi) is 24.7. The largest absolute Gasteiger partial charge is 0.487 e. The van der Waals surface area contributed by atoms with E-state index in [0.29, 0.717) is 67.7 Å². The summed E-state index contributed by atoms with van der Waals surface area (Å²) in [5, 5.41) is 7.70. The van der Waals surface area contributed by atoms with E-state index in [1.807, 2.05) is 50.2 Å². The molecule has 5 N–H and O–H groups in total. The molecular weight excluding hydrogens is 857 g/mol. The first-order valence-corrected chi connectivity index (χ1v) is 21.9. The standard InChI is InChI=1S/C42H56N8O11.C2H6O.C2H6/c1-55-19-21-60-37-29(27-11-13-28(14-12-27)31-23-44-35(47-31)10-6-7-17-43-36(51)25-46-41(53)58-4)15-16-30(38(37)61-22-20-56-2)32-24-45-39(48-32)34-9-8-18-50(34)40(52)33(26-57-3)49-42(54)59-5;1-3-2;1-2/h11-16,23-24,33-34H,6-10,17-22,25-26H2,1-5H3,(H,43,51)(H,44,47)(H,45,48)(H,46,53)(H,49,54);1-2H3;1-2H3. The molecule has 2 aromatic carbocycles. The molecule has 1 aliphatic heterocycles. The van der Waals surface area contributed by atoms with Gasteiger partial charge in [-0.25, -0.2) is 19.6 Å². The molecule has 0 spiro atoms. The number of aryl methyl sites for hydroxylation is 1. The number of likely N-dealkylation sites (tertiary alicyclic amines) is 1. The number of H-pyrrole nitrogens is 2. The second-order valence-electron chi connectivity index (χ2n) is 14.4. The number of carbonyl (C=O) groups is 4. The van der Waals surface area contributed by atoms with Crippen molar-refractivity contribution in [3.05, 3.63) is 60.4 Å². The van der Waals surface area contributed by atoms with Gasteiger partial charge in [-0.1, -0.05) is 38.1 Å². The van der Waals surface area contributed by atoms with Gasteiger partial charge in [0, 0.05) is 66.2 Å². The summed E-state index contributed by atoms with van der Waals surface area (Å²) in [6, 6.07) is 10.7. The van der Waals surface area contributed by atoms with Crippen molar-refractivity contribution in [2.24, 2.45) is 0 Å². The second-order valence-corrected chi connectivity index (χ2v) is 14.4. The molecule has 364 valence electrons. The van der Waals surface area contributed by atoms with Crippen molar-refractivity contribution in [2.45, 2.75) is 58.0 Å². The molecule has 1 saturated heterocycles. The van der Waals surface area contributed by atoms with Gasteiger partial charge in [-0.15, -0.1) is 0 Å². The predicted octanol–water partition coefficient (Wildman–Crippen LogP) is 5.30. The predicted molar refractivity (Wildman–Crippen MR) is 247 cm³/mol. The van der Waals surface area contributed by atoms with Crippen LogP contribution in [0.2, 0.25) is 0 Å². The zero-order valence-electron chi connectivity index (χ0n) is 39.7. The van der Waals surface area contributed by atoms with E-state index in [4.69, 9.17) is 33.4 Å². The topological polar surface area (TPSA) is 239 Å². The van der Waals surface area contributed by atoms with Crippen LogP contribution in [-0.2, 0) is 44.4 Å². The number of aromatic amines is 2. The van der Waals surface area contributed by atoms with Gasteiger partial charge >= 0.3 is 12.2 Å².